The lowest BCUT2D eigenvalue weighted by atomic mass is 10.2. The summed E-state index contributed by atoms with van der Waals surface area (Å²) in [5, 5.41) is 2.74. The molecule has 0 fully saturated rings. The van der Waals surface area contributed by atoms with Gasteiger partial charge >= 0.3 is 6.18 Å². The van der Waals surface area contributed by atoms with E-state index in [-0.39, 0.29) is 17.1 Å². The van der Waals surface area contributed by atoms with Crippen LogP contribution in [0.5, 0.6) is 0 Å². The third kappa shape index (κ3) is 5.00. The molecule has 0 aromatic heterocycles. The standard InChI is InChI=1S/C11H13ClF4N2/c12-7-5-10(9(17)6-8(7)13)18-4-2-1-3-11(14,15)16/h5-6,18H,1-4,17H2. The zero-order chi connectivity index (χ0) is 13.8. The van der Waals surface area contributed by atoms with Gasteiger partial charge < -0.3 is 11.1 Å². The van der Waals surface area contributed by atoms with Crippen LogP contribution in [0, 0.1) is 5.82 Å². The molecule has 0 aliphatic rings. The Morgan fingerprint density at radius 3 is 2.50 bits per heavy atom. The molecule has 0 aliphatic heterocycles. The summed E-state index contributed by atoms with van der Waals surface area (Å²) >= 11 is 5.57. The van der Waals surface area contributed by atoms with Crippen molar-refractivity contribution in [3.8, 4) is 0 Å². The highest BCUT2D eigenvalue weighted by Crippen LogP contribution is 2.26. The van der Waals surface area contributed by atoms with Gasteiger partial charge in [0.15, 0.2) is 0 Å². The Morgan fingerprint density at radius 2 is 1.89 bits per heavy atom. The Kier molecular flexibility index (Phi) is 5.07. The average Bonchev–Trinajstić information content (AvgIpc) is 2.23. The number of benzene rings is 1. The molecule has 102 valence electrons. The highest BCUT2D eigenvalue weighted by Gasteiger charge is 2.25. The molecule has 1 aromatic rings. The Labute approximate surface area is 107 Å². The van der Waals surface area contributed by atoms with E-state index in [0.717, 1.165) is 6.07 Å². The molecular formula is C11H13ClF4N2. The fourth-order valence-corrected chi connectivity index (χ4v) is 1.55. The second-order valence-corrected chi connectivity index (χ2v) is 4.26. The van der Waals surface area contributed by atoms with Gasteiger partial charge in [-0.1, -0.05) is 11.6 Å². The number of nitrogen functional groups attached to an aromatic ring is 1. The maximum Gasteiger partial charge on any atom is 0.389 e. The largest absolute Gasteiger partial charge is 0.397 e. The van der Waals surface area contributed by atoms with Crippen LogP contribution in [0.3, 0.4) is 0 Å². The third-order valence-corrected chi connectivity index (χ3v) is 2.58. The molecule has 0 radical (unpaired) electrons. The quantitative estimate of drug-likeness (QED) is 0.483. The molecule has 2 nitrogen and oxygen atoms in total. The van der Waals surface area contributed by atoms with Gasteiger partial charge in [0.1, 0.15) is 5.82 Å². The molecular weight excluding hydrogens is 272 g/mol. The Balaban J connectivity index is 2.38. The van der Waals surface area contributed by atoms with Crippen LogP contribution in [0.2, 0.25) is 5.02 Å². The molecule has 1 aromatic carbocycles. The minimum Gasteiger partial charge on any atom is -0.397 e. The van der Waals surface area contributed by atoms with E-state index in [1.165, 1.54) is 6.07 Å². The summed E-state index contributed by atoms with van der Waals surface area (Å²) < 4.78 is 48.6. The maximum absolute atomic E-state index is 13.0. The molecule has 0 bridgehead atoms. The number of rotatable bonds is 5. The molecule has 1 rings (SSSR count). The molecule has 0 spiro atoms. The summed E-state index contributed by atoms with van der Waals surface area (Å²) in [6.07, 6.45) is -4.56. The fourth-order valence-electron chi connectivity index (χ4n) is 1.39. The number of unbranched alkanes of at least 4 members (excludes halogenated alkanes) is 1. The number of anilines is 2. The minimum absolute atomic E-state index is 0.0331. The van der Waals surface area contributed by atoms with Crippen molar-refractivity contribution in [1.82, 2.24) is 0 Å². The average molecular weight is 285 g/mol. The van der Waals surface area contributed by atoms with Crippen molar-refractivity contribution in [1.29, 1.82) is 0 Å². The van der Waals surface area contributed by atoms with Gasteiger partial charge in [-0.25, -0.2) is 4.39 Å². The van der Waals surface area contributed by atoms with Crippen LogP contribution in [0.1, 0.15) is 19.3 Å². The number of alkyl halides is 3. The van der Waals surface area contributed by atoms with E-state index in [2.05, 4.69) is 5.32 Å². The normalized spacial score (nSPS) is 11.6. The second kappa shape index (κ2) is 6.13. The van der Waals surface area contributed by atoms with Gasteiger partial charge in [0.2, 0.25) is 0 Å². The summed E-state index contributed by atoms with van der Waals surface area (Å²) in [4.78, 5) is 0. The van der Waals surface area contributed by atoms with Crippen molar-refractivity contribution in [2.24, 2.45) is 0 Å². The fraction of sp³-hybridized carbons (Fsp3) is 0.455. The van der Waals surface area contributed by atoms with E-state index < -0.39 is 18.4 Å². The summed E-state index contributed by atoms with van der Waals surface area (Å²) in [5.74, 6) is -0.628. The lowest BCUT2D eigenvalue weighted by molar-refractivity contribution is -0.135. The molecule has 0 heterocycles. The summed E-state index contributed by atoms with van der Waals surface area (Å²) in [7, 11) is 0. The van der Waals surface area contributed by atoms with E-state index in [1.807, 2.05) is 0 Å². The number of hydrogen-bond donors (Lipinski definition) is 2. The van der Waals surface area contributed by atoms with Crippen LogP contribution in [-0.4, -0.2) is 12.7 Å². The molecule has 0 aliphatic carbocycles. The summed E-state index contributed by atoms with van der Waals surface area (Å²) in [5.41, 5.74) is 6.13. The predicted molar refractivity (Wildman–Crippen MR) is 64.2 cm³/mol. The van der Waals surface area contributed by atoms with Crippen molar-refractivity contribution in [2.75, 3.05) is 17.6 Å². The zero-order valence-electron chi connectivity index (χ0n) is 9.45. The van der Waals surface area contributed by atoms with Crippen LogP contribution in [0.25, 0.3) is 0 Å². The Bertz CT molecular complexity index is 407. The van der Waals surface area contributed by atoms with E-state index in [4.69, 9.17) is 17.3 Å². The SMILES string of the molecule is Nc1cc(F)c(Cl)cc1NCCCCC(F)(F)F. The van der Waals surface area contributed by atoms with Crippen molar-refractivity contribution in [3.63, 3.8) is 0 Å². The number of nitrogens with two attached hydrogens (primary N) is 1. The van der Waals surface area contributed by atoms with Crippen LogP contribution < -0.4 is 11.1 Å². The highest BCUT2D eigenvalue weighted by atomic mass is 35.5. The first-order valence-electron chi connectivity index (χ1n) is 5.35. The number of hydrogen-bond acceptors (Lipinski definition) is 2. The molecule has 0 saturated heterocycles. The summed E-state index contributed by atoms with van der Waals surface area (Å²) in [6, 6.07) is 2.39. The molecule has 0 unspecified atom stereocenters. The molecule has 3 N–H and O–H groups in total. The number of nitrogens with one attached hydrogen (secondary N) is 1. The monoisotopic (exact) mass is 284 g/mol. The van der Waals surface area contributed by atoms with Crippen molar-refractivity contribution >= 4 is 23.0 Å². The van der Waals surface area contributed by atoms with Gasteiger partial charge in [0.05, 0.1) is 16.4 Å². The van der Waals surface area contributed by atoms with Crippen molar-refractivity contribution < 1.29 is 17.6 Å². The van der Waals surface area contributed by atoms with Crippen LogP contribution in [0.4, 0.5) is 28.9 Å². The smallest absolute Gasteiger partial charge is 0.389 e. The van der Waals surface area contributed by atoms with Crippen molar-refractivity contribution in [3.05, 3.63) is 23.0 Å². The van der Waals surface area contributed by atoms with Crippen LogP contribution in [0.15, 0.2) is 12.1 Å². The van der Waals surface area contributed by atoms with Crippen LogP contribution >= 0.6 is 11.6 Å². The lowest BCUT2D eigenvalue weighted by Gasteiger charge is -2.10. The van der Waals surface area contributed by atoms with Gasteiger partial charge in [-0.15, -0.1) is 0 Å². The molecule has 0 atom stereocenters. The van der Waals surface area contributed by atoms with E-state index in [0.29, 0.717) is 18.7 Å². The molecule has 7 heteroatoms. The number of halogens is 5. The summed E-state index contributed by atoms with van der Waals surface area (Å²) in [6.45, 7) is 0.322. The first-order valence-corrected chi connectivity index (χ1v) is 5.72. The molecule has 18 heavy (non-hydrogen) atoms. The van der Waals surface area contributed by atoms with Gasteiger partial charge in [-0.05, 0) is 18.9 Å². The minimum atomic E-state index is -4.13. The van der Waals surface area contributed by atoms with Gasteiger partial charge in [0.25, 0.3) is 0 Å². The van der Waals surface area contributed by atoms with E-state index in [9.17, 15) is 17.6 Å². The highest BCUT2D eigenvalue weighted by molar-refractivity contribution is 6.31. The van der Waals surface area contributed by atoms with Crippen LogP contribution in [-0.2, 0) is 0 Å². The third-order valence-electron chi connectivity index (χ3n) is 2.29. The molecule has 0 amide bonds. The Hall–Kier alpha value is -1.17. The predicted octanol–water partition coefficient (Wildman–Crippen LogP) is 4.21. The topological polar surface area (TPSA) is 38.0 Å². The second-order valence-electron chi connectivity index (χ2n) is 3.85. The van der Waals surface area contributed by atoms with E-state index in [1.54, 1.807) is 0 Å². The maximum atomic E-state index is 13.0. The Morgan fingerprint density at radius 1 is 1.22 bits per heavy atom. The lowest BCUT2D eigenvalue weighted by Crippen LogP contribution is -2.09. The van der Waals surface area contributed by atoms with Gasteiger partial charge in [-0.2, -0.15) is 13.2 Å². The zero-order valence-corrected chi connectivity index (χ0v) is 10.2. The van der Waals surface area contributed by atoms with Gasteiger partial charge in [-0.3, -0.25) is 0 Å². The van der Waals surface area contributed by atoms with E-state index >= 15 is 0 Å². The first-order chi connectivity index (χ1) is 8.29. The van der Waals surface area contributed by atoms with Gasteiger partial charge in [0, 0.05) is 19.0 Å². The molecule has 0 saturated carbocycles. The first kappa shape index (κ1) is 14.9. The van der Waals surface area contributed by atoms with Crippen molar-refractivity contribution in [2.45, 2.75) is 25.4 Å².